The molecule has 4 nitrogen and oxygen atoms in total. The van der Waals surface area contributed by atoms with Crippen LogP contribution in [0.1, 0.15) is 31.4 Å². The van der Waals surface area contributed by atoms with Gasteiger partial charge in [0.25, 0.3) is 0 Å². The van der Waals surface area contributed by atoms with Crippen molar-refractivity contribution in [3.8, 4) is 5.75 Å². The van der Waals surface area contributed by atoms with Gasteiger partial charge in [-0.1, -0.05) is 32.0 Å². The van der Waals surface area contributed by atoms with Crippen LogP contribution >= 0.6 is 0 Å². The lowest BCUT2D eigenvalue weighted by Gasteiger charge is -2.24. The standard InChI is InChI=1S/C12H16O4/c1-12(2,6-10(14)15)9-5-3-4-8(7-13)11(9)16/h3-5,13,16H,6-7H2,1-2H3,(H,14,15). The van der Waals surface area contributed by atoms with Crippen molar-refractivity contribution < 1.29 is 20.1 Å². The van der Waals surface area contributed by atoms with Crippen LogP contribution in [0.5, 0.6) is 5.75 Å². The zero-order valence-corrected chi connectivity index (χ0v) is 9.40. The Morgan fingerprint density at radius 2 is 2.00 bits per heavy atom. The van der Waals surface area contributed by atoms with Gasteiger partial charge in [-0.25, -0.2) is 0 Å². The minimum absolute atomic E-state index is 0.0174. The lowest BCUT2D eigenvalue weighted by Crippen LogP contribution is -2.22. The van der Waals surface area contributed by atoms with E-state index in [0.29, 0.717) is 11.1 Å². The summed E-state index contributed by atoms with van der Waals surface area (Å²) in [5.41, 5.74) is 0.290. The van der Waals surface area contributed by atoms with Crippen LogP contribution in [0.25, 0.3) is 0 Å². The van der Waals surface area contributed by atoms with Crippen molar-refractivity contribution in [3.63, 3.8) is 0 Å². The molecule has 0 bridgehead atoms. The van der Waals surface area contributed by atoms with Crippen LogP contribution in [-0.2, 0) is 16.8 Å². The summed E-state index contributed by atoms with van der Waals surface area (Å²) in [6.45, 7) is 3.23. The minimum atomic E-state index is -0.918. The Kier molecular flexibility index (Phi) is 3.55. The van der Waals surface area contributed by atoms with Gasteiger partial charge in [0.05, 0.1) is 13.0 Å². The number of benzene rings is 1. The fourth-order valence-corrected chi connectivity index (χ4v) is 1.74. The molecule has 1 aromatic rings. The molecule has 0 saturated heterocycles. The first-order valence-corrected chi connectivity index (χ1v) is 5.02. The molecule has 0 radical (unpaired) electrons. The van der Waals surface area contributed by atoms with E-state index in [-0.39, 0.29) is 18.8 Å². The molecule has 4 heteroatoms. The van der Waals surface area contributed by atoms with E-state index in [0.717, 1.165) is 0 Å². The first-order chi connectivity index (χ1) is 7.38. The van der Waals surface area contributed by atoms with Gasteiger partial charge in [0.15, 0.2) is 0 Å². The second kappa shape index (κ2) is 4.53. The van der Waals surface area contributed by atoms with Crippen LogP contribution in [0.15, 0.2) is 18.2 Å². The lowest BCUT2D eigenvalue weighted by molar-refractivity contribution is -0.138. The van der Waals surface area contributed by atoms with Crippen LogP contribution in [0, 0.1) is 0 Å². The summed E-state index contributed by atoms with van der Waals surface area (Å²) < 4.78 is 0. The first-order valence-electron chi connectivity index (χ1n) is 5.02. The summed E-state index contributed by atoms with van der Waals surface area (Å²) in [6, 6.07) is 4.98. The number of hydrogen-bond donors (Lipinski definition) is 3. The molecule has 0 spiro atoms. The molecule has 1 rings (SSSR count). The van der Waals surface area contributed by atoms with Gasteiger partial charge < -0.3 is 15.3 Å². The minimum Gasteiger partial charge on any atom is -0.507 e. The summed E-state index contributed by atoms with van der Waals surface area (Å²) in [5.74, 6) is -0.935. The van der Waals surface area contributed by atoms with Crippen LogP contribution < -0.4 is 0 Å². The maximum absolute atomic E-state index is 10.7. The number of para-hydroxylation sites is 1. The van der Waals surface area contributed by atoms with E-state index in [1.807, 2.05) is 0 Å². The van der Waals surface area contributed by atoms with Gasteiger partial charge in [-0.2, -0.15) is 0 Å². The Hall–Kier alpha value is -1.55. The van der Waals surface area contributed by atoms with Gasteiger partial charge in [-0.3, -0.25) is 4.79 Å². The van der Waals surface area contributed by atoms with Gasteiger partial charge >= 0.3 is 5.97 Å². The number of aliphatic hydroxyl groups excluding tert-OH is 1. The number of aliphatic hydroxyl groups is 1. The van der Waals surface area contributed by atoms with Crippen molar-refractivity contribution >= 4 is 5.97 Å². The third-order valence-corrected chi connectivity index (χ3v) is 2.61. The van der Waals surface area contributed by atoms with Crippen molar-refractivity contribution in [2.24, 2.45) is 0 Å². The smallest absolute Gasteiger partial charge is 0.304 e. The van der Waals surface area contributed by atoms with Crippen LogP contribution in [0.3, 0.4) is 0 Å². The predicted molar refractivity (Wildman–Crippen MR) is 59.3 cm³/mol. The third kappa shape index (κ3) is 2.52. The summed E-state index contributed by atoms with van der Waals surface area (Å²) in [6.07, 6.45) is -0.0740. The molecule has 0 atom stereocenters. The van der Waals surface area contributed by atoms with E-state index in [9.17, 15) is 9.90 Å². The Morgan fingerprint density at radius 3 is 2.50 bits per heavy atom. The second-order valence-corrected chi connectivity index (χ2v) is 4.43. The fraction of sp³-hybridized carbons (Fsp3) is 0.417. The van der Waals surface area contributed by atoms with Gasteiger partial charge in [0, 0.05) is 16.5 Å². The summed E-state index contributed by atoms with van der Waals surface area (Å²) >= 11 is 0. The third-order valence-electron chi connectivity index (χ3n) is 2.61. The van der Waals surface area contributed by atoms with Gasteiger partial charge in [-0.05, 0) is 0 Å². The van der Waals surface area contributed by atoms with E-state index >= 15 is 0 Å². The number of aromatic hydroxyl groups is 1. The first kappa shape index (κ1) is 12.5. The highest BCUT2D eigenvalue weighted by Gasteiger charge is 2.27. The zero-order chi connectivity index (χ0) is 12.3. The van der Waals surface area contributed by atoms with E-state index in [4.69, 9.17) is 10.2 Å². The van der Waals surface area contributed by atoms with E-state index < -0.39 is 11.4 Å². The number of phenols is 1. The molecule has 0 unspecified atom stereocenters. The van der Waals surface area contributed by atoms with Gasteiger partial charge in [0.1, 0.15) is 5.75 Å². The highest BCUT2D eigenvalue weighted by molar-refractivity contribution is 5.69. The molecule has 16 heavy (non-hydrogen) atoms. The zero-order valence-electron chi connectivity index (χ0n) is 9.40. The van der Waals surface area contributed by atoms with Gasteiger partial charge in [0.2, 0.25) is 0 Å². The molecule has 0 aliphatic heterocycles. The molecule has 0 heterocycles. The number of carboxylic acids is 1. The lowest BCUT2D eigenvalue weighted by atomic mass is 9.80. The molecule has 1 aromatic carbocycles. The van der Waals surface area contributed by atoms with Crippen LogP contribution in [-0.4, -0.2) is 21.3 Å². The SMILES string of the molecule is CC(C)(CC(=O)O)c1cccc(CO)c1O. The molecule has 0 aliphatic rings. The number of carbonyl (C=O) groups is 1. The van der Waals surface area contributed by atoms with E-state index in [1.165, 1.54) is 0 Å². The maximum Gasteiger partial charge on any atom is 0.304 e. The molecule has 0 aliphatic carbocycles. The van der Waals surface area contributed by atoms with Crippen LogP contribution in [0.4, 0.5) is 0 Å². The van der Waals surface area contributed by atoms with E-state index in [2.05, 4.69) is 0 Å². The highest BCUT2D eigenvalue weighted by Crippen LogP contribution is 2.35. The Balaban J connectivity index is 3.17. The summed E-state index contributed by atoms with van der Waals surface area (Å²) in [5, 5.41) is 27.7. The highest BCUT2D eigenvalue weighted by atomic mass is 16.4. The summed E-state index contributed by atoms with van der Waals surface area (Å²) in [4.78, 5) is 10.7. The quantitative estimate of drug-likeness (QED) is 0.726. The normalized spacial score (nSPS) is 11.4. The Labute approximate surface area is 94.2 Å². The maximum atomic E-state index is 10.7. The predicted octanol–water partition coefficient (Wildman–Crippen LogP) is 1.64. The number of rotatable bonds is 4. The van der Waals surface area contributed by atoms with Crippen molar-refractivity contribution in [1.82, 2.24) is 0 Å². The fourth-order valence-electron chi connectivity index (χ4n) is 1.74. The average Bonchev–Trinajstić information content (AvgIpc) is 2.15. The largest absolute Gasteiger partial charge is 0.507 e. The average molecular weight is 224 g/mol. The molecule has 3 N–H and O–H groups in total. The number of carboxylic acid groups (broad SMARTS) is 1. The van der Waals surface area contributed by atoms with Crippen molar-refractivity contribution in [1.29, 1.82) is 0 Å². The molecular weight excluding hydrogens is 208 g/mol. The Morgan fingerprint density at radius 1 is 1.38 bits per heavy atom. The van der Waals surface area contributed by atoms with Crippen molar-refractivity contribution in [2.45, 2.75) is 32.3 Å². The molecule has 0 fully saturated rings. The topological polar surface area (TPSA) is 77.8 Å². The number of hydrogen-bond acceptors (Lipinski definition) is 3. The second-order valence-electron chi connectivity index (χ2n) is 4.43. The molecular formula is C12H16O4. The monoisotopic (exact) mass is 224 g/mol. The van der Waals surface area contributed by atoms with Gasteiger partial charge in [-0.15, -0.1) is 0 Å². The molecule has 88 valence electrons. The van der Waals surface area contributed by atoms with Crippen molar-refractivity contribution in [2.75, 3.05) is 0 Å². The number of aliphatic carboxylic acids is 1. The summed E-state index contributed by atoms with van der Waals surface area (Å²) in [7, 11) is 0. The van der Waals surface area contributed by atoms with Crippen LogP contribution in [0.2, 0.25) is 0 Å². The van der Waals surface area contributed by atoms with E-state index in [1.54, 1.807) is 32.0 Å². The van der Waals surface area contributed by atoms with Crippen molar-refractivity contribution in [3.05, 3.63) is 29.3 Å². The molecule has 0 amide bonds. The molecule has 0 saturated carbocycles. The Bertz CT molecular complexity index is 396. The molecule has 0 aromatic heterocycles.